The Morgan fingerprint density at radius 2 is 1.77 bits per heavy atom. The van der Waals surface area contributed by atoms with Crippen molar-refractivity contribution in [3.8, 4) is 6.07 Å². The first kappa shape index (κ1) is 26.9. The zero-order chi connectivity index (χ0) is 22.6. The first-order valence-corrected chi connectivity index (χ1v) is 10.8. The summed E-state index contributed by atoms with van der Waals surface area (Å²) in [5, 5.41) is 9.56. The molecule has 0 spiro atoms. The third-order valence-corrected chi connectivity index (χ3v) is 4.10. The molecule has 0 N–H and O–H groups in total. The molecular formula is C29H37N. The van der Waals surface area contributed by atoms with Gasteiger partial charge >= 0.3 is 0 Å². The summed E-state index contributed by atoms with van der Waals surface area (Å²) in [4.78, 5) is 0. The van der Waals surface area contributed by atoms with Gasteiger partial charge in [-0.2, -0.15) is 5.26 Å². The van der Waals surface area contributed by atoms with Crippen molar-refractivity contribution < 1.29 is 0 Å². The van der Waals surface area contributed by atoms with Gasteiger partial charge in [-0.25, -0.2) is 0 Å². The van der Waals surface area contributed by atoms with Gasteiger partial charge in [-0.15, -0.1) is 0 Å². The fourth-order valence-corrected chi connectivity index (χ4v) is 2.46. The van der Waals surface area contributed by atoms with E-state index in [-0.39, 0.29) is 0 Å². The Hall–Kier alpha value is -3.11. The summed E-state index contributed by atoms with van der Waals surface area (Å²) in [5.41, 5.74) is 4.91. The van der Waals surface area contributed by atoms with Crippen molar-refractivity contribution in [2.45, 2.75) is 54.4 Å². The molecule has 0 atom stereocenters. The zero-order valence-electron chi connectivity index (χ0n) is 19.5. The molecule has 158 valence electrons. The van der Waals surface area contributed by atoms with Crippen molar-refractivity contribution in [2.24, 2.45) is 0 Å². The molecule has 0 radical (unpaired) electrons. The molecule has 1 aliphatic rings. The second kappa shape index (κ2) is 18.0. The first-order chi connectivity index (χ1) is 14.6. The summed E-state index contributed by atoms with van der Waals surface area (Å²) in [5.74, 6) is 0. The van der Waals surface area contributed by atoms with E-state index in [1.807, 2.05) is 71.1 Å². The van der Waals surface area contributed by atoms with Gasteiger partial charge < -0.3 is 0 Å². The van der Waals surface area contributed by atoms with Gasteiger partial charge in [0, 0.05) is 0 Å². The molecule has 1 rings (SSSR count). The second-order valence-corrected chi connectivity index (χ2v) is 6.35. The van der Waals surface area contributed by atoms with Crippen LogP contribution in [0.15, 0.2) is 119 Å². The molecule has 1 nitrogen and oxygen atoms in total. The molecule has 0 aromatic carbocycles. The minimum atomic E-state index is 0.672. The van der Waals surface area contributed by atoms with Gasteiger partial charge in [0.1, 0.15) is 0 Å². The zero-order valence-corrected chi connectivity index (χ0v) is 19.5. The average molecular weight is 400 g/mol. The summed E-state index contributed by atoms with van der Waals surface area (Å²) in [6.45, 7) is 12.1. The van der Waals surface area contributed by atoms with E-state index in [1.165, 1.54) is 5.57 Å². The van der Waals surface area contributed by atoms with Crippen LogP contribution in [0.1, 0.15) is 54.4 Å². The Bertz CT molecular complexity index is 851. The van der Waals surface area contributed by atoms with Crippen molar-refractivity contribution >= 4 is 0 Å². The van der Waals surface area contributed by atoms with Crippen LogP contribution in [0.3, 0.4) is 0 Å². The molecule has 0 bridgehead atoms. The summed E-state index contributed by atoms with van der Waals surface area (Å²) < 4.78 is 0. The monoisotopic (exact) mass is 399 g/mol. The summed E-state index contributed by atoms with van der Waals surface area (Å²) >= 11 is 0. The molecule has 0 unspecified atom stereocenters. The van der Waals surface area contributed by atoms with Crippen molar-refractivity contribution in [3.05, 3.63) is 119 Å². The van der Waals surface area contributed by atoms with Gasteiger partial charge in [-0.05, 0) is 62.0 Å². The molecule has 0 fully saturated rings. The summed E-state index contributed by atoms with van der Waals surface area (Å²) in [7, 11) is 0. The van der Waals surface area contributed by atoms with E-state index >= 15 is 0 Å². The molecule has 0 aliphatic heterocycles. The Kier molecular flexibility index (Phi) is 16.1. The average Bonchev–Trinajstić information content (AvgIpc) is 3.05. The Morgan fingerprint density at radius 3 is 2.40 bits per heavy atom. The number of rotatable bonds is 8. The topological polar surface area (TPSA) is 23.8 Å². The van der Waals surface area contributed by atoms with Crippen LogP contribution in [0.2, 0.25) is 0 Å². The van der Waals surface area contributed by atoms with Gasteiger partial charge in [0.05, 0.1) is 11.6 Å². The fraction of sp³-hybridized carbons (Fsp3) is 0.276. The maximum atomic E-state index is 9.56. The SMILES string of the molecule is CC.C\C=C/C(/C=C/C(/C=C\CC)=C/C)=C\C=C(C)\C(C#N)=C\C1=CC=CCC=C1. The maximum Gasteiger partial charge on any atom is 0.0994 e. The molecule has 0 aromatic rings. The standard InChI is InChI=1S/C27H31N.C2H6/c1-5-8-14-24(7-3)19-20-25(13-6-2)18-17-23(4)27(22-28)21-26-15-11-9-10-12-16-26;1-2/h6-9,11-21H,5,10H2,1-4H3;1-2H3/b13-6-,14-8-,20-19+,23-17+,24-7+,25-18+,27-21+;. The molecule has 0 saturated heterocycles. The third kappa shape index (κ3) is 11.7. The lowest BCUT2D eigenvalue weighted by atomic mass is 10.0. The lowest BCUT2D eigenvalue weighted by Gasteiger charge is -2.00. The van der Waals surface area contributed by atoms with Crippen LogP contribution in [0.5, 0.6) is 0 Å². The van der Waals surface area contributed by atoms with Crippen molar-refractivity contribution in [1.29, 1.82) is 5.26 Å². The number of hydrogen-bond acceptors (Lipinski definition) is 1. The van der Waals surface area contributed by atoms with E-state index in [1.54, 1.807) is 0 Å². The third-order valence-electron chi connectivity index (χ3n) is 4.10. The van der Waals surface area contributed by atoms with E-state index in [0.717, 1.165) is 29.6 Å². The predicted molar refractivity (Wildman–Crippen MR) is 135 cm³/mol. The van der Waals surface area contributed by atoms with Gasteiger partial charge in [0.25, 0.3) is 0 Å². The van der Waals surface area contributed by atoms with Crippen LogP contribution in [0.4, 0.5) is 0 Å². The molecule has 0 heterocycles. The van der Waals surface area contributed by atoms with Gasteiger partial charge in [0.2, 0.25) is 0 Å². The Morgan fingerprint density at radius 1 is 1.03 bits per heavy atom. The highest BCUT2D eigenvalue weighted by molar-refractivity contribution is 5.51. The Labute approximate surface area is 184 Å². The normalized spacial score (nSPS) is 16.0. The maximum absolute atomic E-state index is 9.56. The van der Waals surface area contributed by atoms with Crippen LogP contribution in [-0.4, -0.2) is 0 Å². The van der Waals surface area contributed by atoms with E-state index in [4.69, 9.17) is 0 Å². The highest BCUT2D eigenvalue weighted by atomic mass is 14.2. The molecule has 0 saturated carbocycles. The molecule has 0 aromatic heterocycles. The second-order valence-electron chi connectivity index (χ2n) is 6.35. The fourth-order valence-electron chi connectivity index (χ4n) is 2.46. The van der Waals surface area contributed by atoms with Crippen molar-refractivity contribution in [2.75, 3.05) is 0 Å². The van der Waals surface area contributed by atoms with Crippen LogP contribution in [0.25, 0.3) is 0 Å². The van der Waals surface area contributed by atoms with E-state index in [9.17, 15) is 5.26 Å². The minimum absolute atomic E-state index is 0.672. The quantitative estimate of drug-likeness (QED) is 0.295. The van der Waals surface area contributed by atoms with Crippen LogP contribution in [0, 0.1) is 11.3 Å². The van der Waals surface area contributed by atoms with Gasteiger partial charge in [0.15, 0.2) is 0 Å². The van der Waals surface area contributed by atoms with E-state index < -0.39 is 0 Å². The first-order valence-electron chi connectivity index (χ1n) is 10.8. The molecular weight excluding hydrogens is 362 g/mol. The number of nitriles is 1. The van der Waals surface area contributed by atoms with E-state index in [2.05, 4.69) is 67.7 Å². The highest BCUT2D eigenvalue weighted by Gasteiger charge is 2.00. The Balaban J connectivity index is 0.00000407. The summed E-state index contributed by atoms with van der Waals surface area (Å²) in [6.07, 6.45) is 32.9. The summed E-state index contributed by atoms with van der Waals surface area (Å²) in [6, 6.07) is 2.32. The van der Waals surface area contributed by atoms with Crippen LogP contribution >= 0.6 is 0 Å². The van der Waals surface area contributed by atoms with Gasteiger partial charge in [-0.1, -0.05) is 106 Å². The number of hydrogen-bond donors (Lipinski definition) is 0. The van der Waals surface area contributed by atoms with Gasteiger partial charge in [-0.3, -0.25) is 0 Å². The largest absolute Gasteiger partial charge is 0.192 e. The molecule has 1 heteroatoms. The molecule has 30 heavy (non-hydrogen) atoms. The smallest absolute Gasteiger partial charge is 0.0994 e. The predicted octanol–water partition coefficient (Wildman–Crippen LogP) is 8.82. The van der Waals surface area contributed by atoms with Crippen LogP contribution < -0.4 is 0 Å². The lowest BCUT2D eigenvalue weighted by Crippen LogP contribution is -1.84. The highest BCUT2D eigenvalue weighted by Crippen LogP contribution is 2.16. The van der Waals surface area contributed by atoms with Crippen LogP contribution in [-0.2, 0) is 0 Å². The minimum Gasteiger partial charge on any atom is -0.192 e. The number of nitrogens with zero attached hydrogens (tertiary/aromatic N) is 1. The molecule has 0 amide bonds. The van der Waals surface area contributed by atoms with E-state index in [0.29, 0.717) is 5.57 Å². The van der Waals surface area contributed by atoms with Crippen molar-refractivity contribution in [3.63, 3.8) is 0 Å². The van der Waals surface area contributed by atoms with Crippen molar-refractivity contribution in [1.82, 2.24) is 0 Å². The molecule has 1 aliphatic carbocycles. The lowest BCUT2D eigenvalue weighted by molar-refractivity contribution is 1.22. The number of allylic oxidation sites excluding steroid dienone is 20.